The van der Waals surface area contributed by atoms with Crippen LogP contribution in [0.15, 0.2) is 18.2 Å². The number of halogens is 1. The Morgan fingerprint density at radius 3 is 3.00 bits per heavy atom. The fourth-order valence-corrected chi connectivity index (χ4v) is 2.91. The lowest BCUT2D eigenvalue weighted by Gasteiger charge is -2.40. The van der Waals surface area contributed by atoms with Crippen LogP contribution in [0.4, 0.5) is 4.39 Å². The third-order valence-corrected chi connectivity index (χ3v) is 3.92. The number of nitrogens with zero attached hydrogens (tertiary/aromatic N) is 1. The molecule has 1 aliphatic heterocycles. The Kier molecular flexibility index (Phi) is 4.91. The van der Waals surface area contributed by atoms with Crippen molar-refractivity contribution in [2.45, 2.75) is 31.8 Å². The molecule has 2 N–H and O–H groups in total. The number of nitrogens with two attached hydrogens (primary N) is 1. The molecule has 1 saturated heterocycles. The standard InChI is InChI=1S/C15H23FN2O/c1-11-5-6-12(16)10-13(11)15-14(17)4-3-7-18(15)8-9-19-2/h5-6,10,14-15H,3-4,7-9,17H2,1-2H3. The van der Waals surface area contributed by atoms with Gasteiger partial charge in [-0.15, -0.1) is 0 Å². The summed E-state index contributed by atoms with van der Waals surface area (Å²) in [5.41, 5.74) is 8.41. The summed E-state index contributed by atoms with van der Waals surface area (Å²) in [7, 11) is 1.70. The molecule has 1 aliphatic rings. The van der Waals surface area contributed by atoms with Gasteiger partial charge in [0.25, 0.3) is 0 Å². The number of hydrogen-bond donors (Lipinski definition) is 1. The van der Waals surface area contributed by atoms with Gasteiger partial charge in [-0.25, -0.2) is 4.39 Å². The van der Waals surface area contributed by atoms with E-state index >= 15 is 0 Å². The second kappa shape index (κ2) is 6.46. The molecule has 4 heteroatoms. The lowest BCUT2D eigenvalue weighted by atomic mass is 9.88. The minimum absolute atomic E-state index is 0.0612. The van der Waals surface area contributed by atoms with Gasteiger partial charge in [0.1, 0.15) is 5.82 Å². The Balaban J connectivity index is 2.27. The van der Waals surface area contributed by atoms with E-state index in [1.54, 1.807) is 13.2 Å². The van der Waals surface area contributed by atoms with Crippen molar-refractivity contribution in [1.29, 1.82) is 0 Å². The fourth-order valence-electron chi connectivity index (χ4n) is 2.91. The Morgan fingerprint density at radius 1 is 1.47 bits per heavy atom. The van der Waals surface area contributed by atoms with Gasteiger partial charge in [0.15, 0.2) is 0 Å². The minimum atomic E-state index is -0.190. The van der Waals surface area contributed by atoms with Crippen LogP contribution in [0.2, 0.25) is 0 Å². The van der Waals surface area contributed by atoms with Crippen LogP contribution >= 0.6 is 0 Å². The molecule has 2 atom stereocenters. The summed E-state index contributed by atoms with van der Waals surface area (Å²) in [6.07, 6.45) is 2.08. The first kappa shape index (κ1) is 14.4. The molecular weight excluding hydrogens is 243 g/mol. The fraction of sp³-hybridized carbons (Fsp3) is 0.600. The number of rotatable bonds is 4. The van der Waals surface area contributed by atoms with Gasteiger partial charge in [-0.2, -0.15) is 0 Å². The highest BCUT2D eigenvalue weighted by Crippen LogP contribution is 2.32. The van der Waals surface area contributed by atoms with Crippen LogP contribution in [0.3, 0.4) is 0 Å². The van der Waals surface area contributed by atoms with Gasteiger partial charge in [0.2, 0.25) is 0 Å². The molecule has 106 valence electrons. The van der Waals surface area contributed by atoms with Crippen LogP contribution in [0.5, 0.6) is 0 Å². The minimum Gasteiger partial charge on any atom is -0.383 e. The number of aryl methyl sites for hydroxylation is 1. The summed E-state index contributed by atoms with van der Waals surface area (Å²) in [4.78, 5) is 2.32. The molecule has 1 aromatic rings. The van der Waals surface area contributed by atoms with Crippen LogP contribution in [-0.4, -0.2) is 37.7 Å². The van der Waals surface area contributed by atoms with E-state index in [9.17, 15) is 4.39 Å². The molecule has 0 saturated carbocycles. The van der Waals surface area contributed by atoms with E-state index in [0.717, 1.165) is 37.1 Å². The molecule has 1 fully saturated rings. The zero-order valence-electron chi connectivity index (χ0n) is 11.7. The predicted molar refractivity (Wildman–Crippen MR) is 74.5 cm³/mol. The summed E-state index contributed by atoms with van der Waals surface area (Å²) < 4.78 is 18.7. The molecule has 0 bridgehead atoms. The summed E-state index contributed by atoms with van der Waals surface area (Å²) in [5, 5.41) is 0. The van der Waals surface area contributed by atoms with E-state index < -0.39 is 0 Å². The van der Waals surface area contributed by atoms with Crippen molar-refractivity contribution in [1.82, 2.24) is 4.90 Å². The first-order valence-corrected chi connectivity index (χ1v) is 6.88. The van der Waals surface area contributed by atoms with Crippen molar-refractivity contribution < 1.29 is 9.13 Å². The molecular formula is C15H23FN2O. The third-order valence-electron chi connectivity index (χ3n) is 3.92. The number of piperidine rings is 1. The van der Waals surface area contributed by atoms with Crippen molar-refractivity contribution in [3.63, 3.8) is 0 Å². The molecule has 0 radical (unpaired) electrons. The highest BCUT2D eigenvalue weighted by molar-refractivity contribution is 5.31. The predicted octanol–water partition coefficient (Wildman–Crippen LogP) is 2.24. The van der Waals surface area contributed by atoms with E-state index in [0.29, 0.717) is 6.61 Å². The van der Waals surface area contributed by atoms with Crippen molar-refractivity contribution in [3.05, 3.63) is 35.1 Å². The molecule has 19 heavy (non-hydrogen) atoms. The summed E-state index contributed by atoms with van der Waals surface area (Å²) in [6.45, 7) is 4.53. The lowest BCUT2D eigenvalue weighted by Crippen LogP contribution is -2.47. The lowest BCUT2D eigenvalue weighted by molar-refractivity contribution is 0.0844. The smallest absolute Gasteiger partial charge is 0.123 e. The van der Waals surface area contributed by atoms with Gasteiger partial charge >= 0.3 is 0 Å². The topological polar surface area (TPSA) is 38.5 Å². The Hall–Kier alpha value is -0.970. The molecule has 3 nitrogen and oxygen atoms in total. The third kappa shape index (κ3) is 3.32. The number of ether oxygens (including phenoxy) is 1. The summed E-state index contributed by atoms with van der Waals surface area (Å²) >= 11 is 0. The maximum absolute atomic E-state index is 13.5. The van der Waals surface area contributed by atoms with E-state index in [-0.39, 0.29) is 17.9 Å². The van der Waals surface area contributed by atoms with Crippen molar-refractivity contribution in [3.8, 4) is 0 Å². The molecule has 2 rings (SSSR count). The van der Waals surface area contributed by atoms with Gasteiger partial charge < -0.3 is 10.5 Å². The van der Waals surface area contributed by atoms with Gasteiger partial charge in [0.05, 0.1) is 12.6 Å². The Morgan fingerprint density at radius 2 is 2.26 bits per heavy atom. The van der Waals surface area contributed by atoms with E-state index in [1.807, 2.05) is 13.0 Å². The number of benzene rings is 1. The van der Waals surface area contributed by atoms with Gasteiger partial charge in [0, 0.05) is 19.7 Å². The Bertz CT molecular complexity index is 425. The van der Waals surface area contributed by atoms with Crippen molar-refractivity contribution in [2.24, 2.45) is 5.73 Å². The second-order valence-electron chi connectivity index (χ2n) is 5.28. The molecule has 0 aromatic heterocycles. The molecule has 1 heterocycles. The van der Waals surface area contributed by atoms with Crippen LogP contribution in [0, 0.1) is 12.7 Å². The van der Waals surface area contributed by atoms with Crippen LogP contribution < -0.4 is 5.73 Å². The molecule has 0 spiro atoms. The number of likely N-dealkylation sites (tertiary alicyclic amines) is 1. The zero-order valence-corrected chi connectivity index (χ0v) is 11.7. The number of hydrogen-bond acceptors (Lipinski definition) is 3. The van der Waals surface area contributed by atoms with Gasteiger partial charge in [-0.3, -0.25) is 4.90 Å². The first-order chi connectivity index (χ1) is 9.13. The van der Waals surface area contributed by atoms with Crippen molar-refractivity contribution in [2.75, 3.05) is 26.8 Å². The first-order valence-electron chi connectivity index (χ1n) is 6.88. The Labute approximate surface area is 114 Å². The average Bonchev–Trinajstić information content (AvgIpc) is 2.39. The normalized spacial score (nSPS) is 24.6. The maximum Gasteiger partial charge on any atom is 0.123 e. The highest BCUT2D eigenvalue weighted by Gasteiger charge is 2.31. The maximum atomic E-state index is 13.5. The second-order valence-corrected chi connectivity index (χ2v) is 5.28. The molecule has 2 unspecified atom stereocenters. The zero-order chi connectivity index (χ0) is 13.8. The molecule has 0 aliphatic carbocycles. The van der Waals surface area contributed by atoms with Crippen LogP contribution in [-0.2, 0) is 4.74 Å². The molecule has 0 amide bonds. The quantitative estimate of drug-likeness (QED) is 0.908. The number of methoxy groups -OCH3 is 1. The van der Waals surface area contributed by atoms with E-state index in [2.05, 4.69) is 4.90 Å². The SMILES string of the molecule is COCCN1CCCC(N)C1c1cc(F)ccc1C. The van der Waals surface area contributed by atoms with Crippen molar-refractivity contribution >= 4 is 0 Å². The monoisotopic (exact) mass is 266 g/mol. The molecule has 1 aromatic carbocycles. The van der Waals surface area contributed by atoms with E-state index in [4.69, 9.17) is 10.5 Å². The largest absolute Gasteiger partial charge is 0.383 e. The summed E-state index contributed by atoms with van der Waals surface area (Å²) in [6, 6.07) is 5.13. The summed E-state index contributed by atoms with van der Waals surface area (Å²) in [5.74, 6) is -0.190. The average molecular weight is 266 g/mol. The van der Waals surface area contributed by atoms with Crippen LogP contribution in [0.1, 0.15) is 30.0 Å². The van der Waals surface area contributed by atoms with Crippen LogP contribution in [0.25, 0.3) is 0 Å². The van der Waals surface area contributed by atoms with Gasteiger partial charge in [-0.05, 0) is 49.6 Å². The van der Waals surface area contributed by atoms with E-state index in [1.165, 1.54) is 6.07 Å². The highest BCUT2D eigenvalue weighted by atomic mass is 19.1. The van der Waals surface area contributed by atoms with Gasteiger partial charge in [-0.1, -0.05) is 6.07 Å².